The molecular formula is C6H12ClNO. The fourth-order valence-corrected chi connectivity index (χ4v) is 0.814. The Bertz CT molecular complexity index is 95.1. The van der Waals surface area contributed by atoms with Crippen LogP contribution in [0.5, 0.6) is 0 Å². The lowest BCUT2D eigenvalue weighted by atomic mass is 10.3. The van der Waals surface area contributed by atoms with Crippen LogP contribution in [0.1, 0.15) is 0 Å². The van der Waals surface area contributed by atoms with Crippen molar-refractivity contribution in [2.24, 2.45) is 0 Å². The average Bonchev–Trinajstić information content (AvgIpc) is 2.19. The number of rotatable bonds is 2. The number of hydrogen-bond acceptors (Lipinski definition) is 2. The maximum atomic E-state index is 4.91. The van der Waals surface area contributed by atoms with Crippen LogP contribution in [0.2, 0.25) is 0 Å². The minimum absolute atomic E-state index is 0. The van der Waals surface area contributed by atoms with Crippen LogP contribution in [0, 0.1) is 0 Å². The molecule has 1 unspecified atom stereocenters. The second-order valence-corrected chi connectivity index (χ2v) is 1.90. The molecule has 0 radical (unpaired) electrons. The second-order valence-electron chi connectivity index (χ2n) is 1.90. The number of ether oxygens (including phenoxy) is 1. The fourth-order valence-electron chi connectivity index (χ4n) is 0.814. The van der Waals surface area contributed by atoms with E-state index in [-0.39, 0.29) is 12.4 Å². The maximum absolute atomic E-state index is 4.91. The zero-order valence-electron chi connectivity index (χ0n) is 5.46. The Hall–Kier alpha value is -0.0500. The molecule has 1 N–H and O–H groups in total. The first-order valence-corrected chi connectivity index (χ1v) is 2.82. The van der Waals surface area contributed by atoms with E-state index in [1.165, 1.54) is 0 Å². The Morgan fingerprint density at radius 3 is 3.00 bits per heavy atom. The van der Waals surface area contributed by atoms with Gasteiger partial charge in [-0.3, -0.25) is 0 Å². The lowest BCUT2D eigenvalue weighted by molar-refractivity contribution is 0.184. The third-order valence-electron chi connectivity index (χ3n) is 1.21. The topological polar surface area (TPSA) is 21.3 Å². The molecule has 1 heterocycles. The van der Waals surface area contributed by atoms with Crippen molar-refractivity contribution < 1.29 is 4.74 Å². The summed E-state index contributed by atoms with van der Waals surface area (Å²) in [7, 11) is 1.72. The summed E-state index contributed by atoms with van der Waals surface area (Å²) < 4.78 is 4.91. The number of nitrogens with one attached hydrogen (secondary N) is 1. The zero-order valence-corrected chi connectivity index (χ0v) is 6.28. The minimum Gasteiger partial charge on any atom is -0.383 e. The monoisotopic (exact) mass is 149 g/mol. The van der Waals surface area contributed by atoms with E-state index < -0.39 is 0 Å². The molecule has 1 atom stereocenters. The average molecular weight is 150 g/mol. The summed E-state index contributed by atoms with van der Waals surface area (Å²) in [5.41, 5.74) is 0. The van der Waals surface area contributed by atoms with Crippen molar-refractivity contribution >= 4 is 12.4 Å². The van der Waals surface area contributed by atoms with Crippen LogP contribution < -0.4 is 5.32 Å². The van der Waals surface area contributed by atoms with Gasteiger partial charge >= 0.3 is 0 Å². The van der Waals surface area contributed by atoms with Gasteiger partial charge in [0.15, 0.2) is 0 Å². The summed E-state index contributed by atoms with van der Waals surface area (Å²) in [5.74, 6) is 0. The molecule has 0 aromatic heterocycles. The highest BCUT2D eigenvalue weighted by molar-refractivity contribution is 5.85. The number of halogens is 1. The highest BCUT2D eigenvalue weighted by Crippen LogP contribution is 1.93. The Balaban J connectivity index is 0.000000640. The van der Waals surface area contributed by atoms with E-state index in [9.17, 15) is 0 Å². The quantitative estimate of drug-likeness (QED) is 0.581. The fraction of sp³-hybridized carbons (Fsp3) is 0.667. The highest BCUT2D eigenvalue weighted by atomic mass is 35.5. The molecule has 3 heteroatoms. The Labute approximate surface area is 61.7 Å². The molecule has 0 spiro atoms. The molecule has 0 bridgehead atoms. The summed E-state index contributed by atoms with van der Waals surface area (Å²) in [6, 6.07) is 0.458. The molecule has 9 heavy (non-hydrogen) atoms. The number of hydrogen-bond donors (Lipinski definition) is 1. The van der Waals surface area contributed by atoms with E-state index in [0.717, 1.165) is 13.2 Å². The molecular weight excluding hydrogens is 138 g/mol. The van der Waals surface area contributed by atoms with Crippen molar-refractivity contribution in [3.05, 3.63) is 12.2 Å². The smallest absolute Gasteiger partial charge is 0.0651 e. The molecule has 0 aromatic carbocycles. The van der Waals surface area contributed by atoms with Crippen LogP contribution in [0.25, 0.3) is 0 Å². The maximum Gasteiger partial charge on any atom is 0.0651 e. The van der Waals surface area contributed by atoms with Crippen molar-refractivity contribution in [3.63, 3.8) is 0 Å². The van der Waals surface area contributed by atoms with Crippen LogP contribution in [0.15, 0.2) is 12.2 Å². The summed E-state index contributed by atoms with van der Waals surface area (Å²) in [4.78, 5) is 0. The van der Waals surface area contributed by atoms with Crippen molar-refractivity contribution in [2.75, 3.05) is 20.3 Å². The predicted octanol–water partition coefficient (Wildman–Crippen LogP) is 0.583. The SMILES string of the molecule is COCC1C=CCN1.Cl. The van der Waals surface area contributed by atoms with Crippen molar-refractivity contribution in [1.82, 2.24) is 5.32 Å². The van der Waals surface area contributed by atoms with Gasteiger partial charge in [-0.2, -0.15) is 0 Å². The van der Waals surface area contributed by atoms with Gasteiger partial charge in [-0.25, -0.2) is 0 Å². The first-order valence-electron chi connectivity index (χ1n) is 2.82. The molecule has 0 aliphatic carbocycles. The Morgan fingerprint density at radius 2 is 2.56 bits per heavy atom. The van der Waals surface area contributed by atoms with Crippen molar-refractivity contribution in [2.45, 2.75) is 6.04 Å². The van der Waals surface area contributed by atoms with Crippen molar-refractivity contribution in [1.29, 1.82) is 0 Å². The minimum atomic E-state index is 0. The normalized spacial score (nSPS) is 23.9. The first kappa shape index (κ1) is 8.95. The highest BCUT2D eigenvalue weighted by Gasteiger charge is 2.04. The van der Waals surface area contributed by atoms with Crippen LogP contribution in [-0.4, -0.2) is 26.3 Å². The molecule has 0 amide bonds. The lowest BCUT2D eigenvalue weighted by Gasteiger charge is -2.04. The zero-order chi connectivity index (χ0) is 5.82. The van der Waals surface area contributed by atoms with Gasteiger partial charge in [-0.05, 0) is 0 Å². The van der Waals surface area contributed by atoms with E-state index >= 15 is 0 Å². The molecule has 54 valence electrons. The van der Waals surface area contributed by atoms with Crippen molar-refractivity contribution in [3.8, 4) is 0 Å². The van der Waals surface area contributed by atoms with E-state index in [4.69, 9.17) is 4.74 Å². The molecule has 1 rings (SSSR count). The van der Waals surface area contributed by atoms with E-state index in [0.29, 0.717) is 6.04 Å². The van der Waals surface area contributed by atoms with Crippen LogP contribution in [-0.2, 0) is 4.74 Å². The van der Waals surface area contributed by atoms with E-state index in [1.54, 1.807) is 7.11 Å². The van der Waals surface area contributed by atoms with Gasteiger partial charge < -0.3 is 10.1 Å². The standard InChI is InChI=1S/C6H11NO.ClH/c1-8-5-6-3-2-4-7-6;/h2-3,6-7H,4-5H2,1H3;1H. The van der Waals surface area contributed by atoms with E-state index in [1.807, 2.05) is 0 Å². The summed E-state index contributed by atoms with van der Waals surface area (Å²) >= 11 is 0. The third kappa shape index (κ3) is 2.84. The van der Waals surface area contributed by atoms with Gasteiger partial charge in [-0.15, -0.1) is 12.4 Å². The van der Waals surface area contributed by atoms with E-state index in [2.05, 4.69) is 17.5 Å². The lowest BCUT2D eigenvalue weighted by Crippen LogP contribution is -2.26. The molecule has 2 nitrogen and oxygen atoms in total. The van der Waals surface area contributed by atoms with Gasteiger partial charge in [0, 0.05) is 19.7 Å². The molecule has 1 aliphatic rings. The first-order chi connectivity index (χ1) is 3.93. The third-order valence-corrected chi connectivity index (χ3v) is 1.21. The van der Waals surface area contributed by atoms with Crippen LogP contribution >= 0.6 is 12.4 Å². The summed E-state index contributed by atoms with van der Waals surface area (Å²) in [5, 5.41) is 3.22. The van der Waals surface area contributed by atoms with Crippen LogP contribution in [0.4, 0.5) is 0 Å². The number of methoxy groups -OCH3 is 1. The molecule has 0 fully saturated rings. The summed E-state index contributed by atoms with van der Waals surface area (Å²) in [6.45, 7) is 1.78. The van der Waals surface area contributed by atoms with Gasteiger partial charge in [0.25, 0.3) is 0 Å². The Kier molecular flexibility index (Phi) is 4.77. The largest absolute Gasteiger partial charge is 0.383 e. The Morgan fingerprint density at radius 1 is 1.78 bits per heavy atom. The second kappa shape index (κ2) is 4.79. The summed E-state index contributed by atoms with van der Waals surface area (Å²) in [6.07, 6.45) is 4.24. The van der Waals surface area contributed by atoms with Crippen LogP contribution in [0.3, 0.4) is 0 Å². The molecule has 0 saturated carbocycles. The molecule has 0 saturated heterocycles. The molecule has 0 aromatic rings. The van der Waals surface area contributed by atoms with Gasteiger partial charge in [0.2, 0.25) is 0 Å². The van der Waals surface area contributed by atoms with Gasteiger partial charge in [0.05, 0.1) is 6.61 Å². The predicted molar refractivity (Wildman–Crippen MR) is 40.1 cm³/mol. The van der Waals surface area contributed by atoms with Gasteiger partial charge in [0.1, 0.15) is 0 Å². The molecule has 1 aliphatic heterocycles. The van der Waals surface area contributed by atoms with Gasteiger partial charge in [-0.1, -0.05) is 12.2 Å².